The van der Waals surface area contributed by atoms with E-state index in [1.807, 2.05) is 25.2 Å². The monoisotopic (exact) mass is 362 g/mol. The molecule has 1 fully saturated rings. The molecule has 25 heavy (non-hydrogen) atoms. The molecule has 1 aromatic heterocycles. The minimum atomic E-state index is -3.47. The van der Waals surface area contributed by atoms with E-state index in [1.165, 1.54) is 15.4 Å². The third-order valence-corrected chi connectivity index (χ3v) is 6.35. The van der Waals surface area contributed by atoms with Gasteiger partial charge in [-0.3, -0.25) is 4.90 Å². The van der Waals surface area contributed by atoms with Crippen molar-refractivity contribution >= 4 is 15.8 Å². The molecule has 0 radical (unpaired) electrons. The van der Waals surface area contributed by atoms with Crippen LogP contribution in [0.5, 0.6) is 0 Å². The highest BCUT2D eigenvalue weighted by atomic mass is 32.2. The second-order valence-corrected chi connectivity index (χ2v) is 8.15. The van der Waals surface area contributed by atoms with E-state index in [0.717, 1.165) is 12.4 Å². The number of ether oxygens (including phenoxy) is 1. The van der Waals surface area contributed by atoms with Gasteiger partial charge < -0.3 is 4.74 Å². The second-order valence-electron chi connectivity index (χ2n) is 6.21. The SMILES string of the molecule is Cc1ccccc1CN(C)c1ccc(S(=O)(=O)N2CCOCC2)c[nH+]1. The topological polar surface area (TPSA) is 64.0 Å². The molecule has 0 spiro atoms. The van der Waals surface area contributed by atoms with Gasteiger partial charge in [-0.1, -0.05) is 24.3 Å². The van der Waals surface area contributed by atoms with Crippen LogP contribution in [0.25, 0.3) is 0 Å². The van der Waals surface area contributed by atoms with Crippen LogP contribution in [0, 0.1) is 6.92 Å². The molecule has 1 aliphatic heterocycles. The van der Waals surface area contributed by atoms with Crippen LogP contribution >= 0.6 is 0 Å². The van der Waals surface area contributed by atoms with Gasteiger partial charge in [0.25, 0.3) is 5.82 Å². The third-order valence-electron chi connectivity index (χ3n) is 4.46. The van der Waals surface area contributed by atoms with E-state index in [4.69, 9.17) is 4.74 Å². The molecule has 1 saturated heterocycles. The van der Waals surface area contributed by atoms with Crippen LogP contribution in [0.4, 0.5) is 5.82 Å². The number of morpholine rings is 1. The summed E-state index contributed by atoms with van der Waals surface area (Å²) in [4.78, 5) is 5.45. The summed E-state index contributed by atoms with van der Waals surface area (Å²) in [6, 6.07) is 11.7. The highest BCUT2D eigenvalue weighted by molar-refractivity contribution is 7.89. The number of benzene rings is 1. The normalized spacial score (nSPS) is 15.9. The minimum Gasteiger partial charge on any atom is -0.379 e. The molecule has 1 aliphatic rings. The van der Waals surface area contributed by atoms with E-state index in [9.17, 15) is 8.42 Å². The Hall–Kier alpha value is -1.96. The van der Waals surface area contributed by atoms with Crippen molar-refractivity contribution in [1.29, 1.82) is 0 Å². The maximum atomic E-state index is 12.6. The summed E-state index contributed by atoms with van der Waals surface area (Å²) >= 11 is 0. The van der Waals surface area contributed by atoms with Crippen molar-refractivity contribution in [2.45, 2.75) is 18.4 Å². The molecule has 0 saturated carbocycles. The molecule has 0 atom stereocenters. The molecular weight excluding hydrogens is 338 g/mol. The quantitative estimate of drug-likeness (QED) is 0.808. The molecule has 2 aromatic rings. The molecule has 0 aliphatic carbocycles. The van der Waals surface area contributed by atoms with E-state index >= 15 is 0 Å². The number of aromatic nitrogens is 1. The highest BCUT2D eigenvalue weighted by Crippen LogP contribution is 2.18. The minimum absolute atomic E-state index is 0.280. The maximum absolute atomic E-state index is 12.6. The van der Waals surface area contributed by atoms with Gasteiger partial charge >= 0.3 is 0 Å². The zero-order valence-electron chi connectivity index (χ0n) is 14.6. The van der Waals surface area contributed by atoms with Crippen LogP contribution < -0.4 is 9.88 Å². The van der Waals surface area contributed by atoms with Crippen molar-refractivity contribution in [3.05, 3.63) is 53.7 Å². The van der Waals surface area contributed by atoms with Crippen molar-refractivity contribution in [3.63, 3.8) is 0 Å². The Kier molecular flexibility index (Phi) is 5.36. The maximum Gasteiger partial charge on any atom is 0.274 e. The van der Waals surface area contributed by atoms with Gasteiger partial charge in [-0.25, -0.2) is 13.4 Å². The first-order valence-corrected chi connectivity index (χ1v) is 9.78. The van der Waals surface area contributed by atoms with Crippen molar-refractivity contribution in [3.8, 4) is 0 Å². The zero-order chi connectivity index (χ0) is 17.9. The Morgan fingerprint density at radius 1 is 1.16 bits per heavy atom. The molecule has 7 heteroatoms. The van der Waals surface area contributed by atoms with Gasteiger partial charge in [-0.15, -0.1) is 0 Å². The summed E-state index contributed by atoms with van der Waals surface area (Å²) in [5.41, 5.74) is 2.48. The number of nitrogens with zero attached hydrogens (tertiary/aromatic N) is 2. The number of pyridine rings is 1. The molecule has 2 heterocycles. The number of sulfonamides is 1. The van der Waals surface area contributed by atoms with Crippen LogP contribution in [0.2, 0.25) is 0 Å². The average molecular weight is 362 g/mol. The number of hydrogen-bond acceptors (Lipinski definition) is 4. The number of nitrogens with one attached hydrogen (secondary N) is 1. The lowest BCUT2D eigenvalue weighted by Crippen LogP contribution is -2.41. The van der Waals surface area contributed by atoms with E-state index in [-0.39, 0.29) is 4.90 Å². The van der Waals surface area contributed by atoms with Crippen LogP contribution in [0.15, 0.2) is 47.5 Å². The summed E-state index contributed by atoms with van der Waals surface area (Å²) in [6.45, 7) is 4.53. The Labute approximate surface area is 149 Å². The van der Waals surface area contributed by atoms with E-state index in [0.29, 0.717) is 26.3 Å². The van der Waals surface area contributed by atoms with Gasteiger partial charge in [0, 0.05) is 19.2 Å². The lowest BCUT2D eigenvalue weighted by Gasteiger charge is -2.25. The van der Waals surface area contributed by atoms with Crippen LogP contribution in [-0.2, 0) is 21.3 Å². The molecule has 0 bridgehead atoms. The fraction of sp³-hybridized carbons (Fsp3) is 0.389. The molecule has 3 rings (SSSR count). The lowest BCUT2D eigenvalue weighted by atomic mass is 10.1. The fourth-order valence-corrected chi connectivity index (χ4v) is 4.24. The number of hydrogen-bond donors (Lipinski definition) is 0. The fourth-order valence-electron chi connectivity index (χ4n) is 2.86. The first-order valence-electron chi connectivity index (χ1n) is 8.34. The van der Waals surface area contributed by atoms with Crippen LogP contribution in [0.3, 0.4) is 0 Å². The second kappa shape index (κ2) is 7.51. The lowest BCUT2D eigenvalue weighted by molar-refractivity contribution is -0.367. The summed E-state index contributed by atoms with van der Waals surface area (Å²) in [6.07, 6.45) is 1.56. The molecular formula is C18H24N3O3S+. The first kappa shape index (κ1) is 17.8. The van der Waals surface area contributed by atoms with Crippen molar-refractivity contribution in [2.24, 2.45) is 0 Å². The number of aromatic amines is 1. The van der Waals surface area contributed by atoms with Gasteiger partial charge in [-0.05, 0) is 24.1 Å². The molecule has 6 nitrogen and oxygen atoms in total. The van der Waals surface area contributed by atoms with Crippen LogP contribution in [-0.4, -0.2) is 46.1 Å². The molecule has 0 unspecified atom stereocenters. The largest absolute Gasteiger partial charge is 0.379 e. The average Bonchev–Trinajstić information content (AvgIpc) is 2.64. The Morgan fingerprint density at radius 2 is 1.88 bits per heavy atom. The van der Waals surface area contributed by atoms with Gasteiger partial charge in [0.05, 0.1) is 20.3 Å². The van der Waals surface area contributed by atoms with Gasteiger partial charge in [-0.2, -0.15) is 4.31 Å². The van der Waals surface area contributed by atoms with E-state index in [1.54, 1.807) is 12.3 Å². The Balaban J connectivity index is 1.74. The van der Waals surface area contributed by atoms with Crippen molar-refractivity contribution < 1.29 is 18.1 Å². The summed E-state index contributed by atoms with van der Waals surface area (Å²) in [5.74, 6) is 0.865. The van der Waals surface area contributed by atoms with E-state index < -0.39 is 10.0 Å². The first-order chi connectivity index (χ1) is 12.0. The smallest absolute Gasteiger partial charge is 0.274 e. The van der Waals surface area contributed by atoms with E-state index in [2.05, 4.69) is 28.9 Å². The third kappa shape index (κ3) is 4.00. The summed E-state index contributed by atoms with van der Waals surface area (Å²) < 4.78 is 32.0. The zero-order valence-corrected chi connectivity index (χ0v) is 15.4. The van der Waals surface area contributed by atoms with Crippen molar-refractivity contribution in [1.82, 2.24) is 4.31 Å². The number of H-pyrrole nitrogens is 1. The molecule has 134 valence electrons. The number of aryl methyl sites for hydroxylation is 1. The highest BCUT2D eigenvalue weighted by Gasteiger charge is 2.27. The van der Waals surface area contributed by atoms with Gasteiger partial charge in [0.1, 0.15) is 17.6 Å². The Bertz CT molecular complexity index is 816. The predicted octanol–water partition coefficient (Wildman–Crippen LogP) is 1.47. The molecule has 1 aromatic carbocycles. The van der Waals surface area contributed by atoms with Crippen LogP contribution in [0.1, 0.15) is 11.1 Å². The van der Waals surface area contributed by atoms with Gasteiger partial charge in [0.15, 0.2) is 0 Å². The summed E-state index contributed by atoms with van der Waals surface area (Å²) in [7, 11) is -1.49. The van der Waals surface area contributed by atoms with Crippen molar-refractivity contribution in [2.75, 3.05) is 38.3 Å². The molecule has 0 amide bonds. The standard InChI is InChI=1S/C18H23N3O3S/c1-15-5-3-4-6-16(15)14-20(2)18-8-7-17(13-19-18)25(22,23)21-9-11-24-12-10-21/h3-8,13H,9-12,14H2,1-2H3/p+1. The number of anilines is 1. The Morgan fingerprint density at radius 3 is 2.52 bits per heavy atom. The summed E-state index contributed by atoms with van der Waals surface area (Å²) in [5, 5.41) is 0. The molecule has 1 N–H and O–H groups in total. The predicted molar refractivity (Wildman–Crippen MR) is 95.9 cm³/mol. The number of rotatable bonds is 5. The van der Waals surface area contributed by atoms with Gasteiger partial charge in [0.2, 0.25) is 10.0 Å².